The number of H-pyrrole nitrogens is 1. The second-order valence-corrected chi connectivity index (χ2v) is 6.95. The fourth-order valence-electron chi connectivity index (χ4n) is 3.53. The highest BCUT2D eigenvalue weighted by Crippen LogP contribution is 2.29. The molecule has 1 aliphatic rings. The molecule has 146 valence electrons. The van der Waals surface area contributed by atoms with Crippen molar-refractivity contribution in [2.24, 2.45) is 0 Å². The number of pyridine rings is 2. The van der Waals surface area contributed by atoms with Gasteiger partial charge in [0.05, 0.1) is 30.7 Å². The molecule has 8 heteroatoms. The van der Waals surface area contributed by atoms with Gasteiger partial charge in [0.1, 0.15) is 0 Å². The lowest BCUT2D eigenvalue weighted by atomic mass is 10.0. The first kappa shape index (κ1) is 18.4. The number of amides is 1. The Morgan fingerprint density at radius 2 is 2.29 bits per heavy atom. The first-order valence-corrected chi connectivity index (χ1v) is 9.50. The molecular weight excluding hydrogens is 356 g/mol. The standard InChI is InChI=1S/C20H24N6O2/c1-28-11-8-18(27)26-10-7-14(13-26)17-6-5-16-19(24-25-20(16)23-17)22-12-15-4-2-3-9-21-15/h2-6,9,14H,7-8,10-13H2,1H3,(H2,22,23,24,25)/t14-/m0/s1. The number of aromatic nitrogens is 4. The SMILES string of the molecule is COCCC(=O)N1CC[C@H](c2ccc3c(NCc4ccccn4)n[nH]c3n2)C1. The molecule has 3 aromatic heterocycles. The van der Waals surface area contributed by atoms with E-state index in [1.165, 1.54) is 0 Å². The quantitative estimate of drug-likeness (QED) is 0.653. The van der Waals surface area contributed by atoms with Gasteiger partial charge < -0.3 is 15.0 Å². The molecule has 4 rings (SSSR count). The fourth-order valence-corrected chi connectivity index (χ4v) is 3.53. The fraction of sp³-hybridized carbons (Fsp3) is 0.400. The summed E-state index contributed by atoms with van der Waals surface area (Å²) < 4.78 is 5.00. The first-order chi connectivity index (χ1) is 13.7. The van der Waals surface area contributed by atoms with Crippen molar-refractivity contribution >= 4 is 22.8 Å². The topological polar surface area (TPSA) is 96.0 Å². The number of anilines is 1. The molecular formula is C20H24N6O2. The van der Waals surface area contributed by atoms with Crippen LogP contribution in [0.15, 0.2) is 36.5 Å². The Hall–Kier alpha value is -3.00. The van der Waals surface area contributed by atoms with Gasteiger partial charge in [0.25, 0.3) is 0 Å². The number of nitrogens with zero attached hydrogens (tertiary/aromatic N) is 4. The summed E-state index contributed by atoms with van der Waals surface area (Å²) in [4.78, 5) is 23.1. The van der Waals surface area contributed by atoms with E-state index in [0.29, 0.717) is 26.1 Å². The minimum atomic E-state index is 0.146. The lowest BCUT2D eigenvalue weighted by molar-refractivity contribution is -0.131. The van der Waals surface area contributed by atoms with Crippen molar-refractivity contribution in [1.29, 1.82) is 0 Å². The number of fused-ring (bicyclic) bond motifs is 1. The highest BCUT2D eigenvalue weighted by Gasteiger charge is 2.28. The van der Waals surface area contributed by atoms with E-state index in [4.69, 9.17) is 9.72 Å². The van der Waals surface area contributed by atoms with Gasteiger partial charge >= 0.3 is 0 Å². The minimum absolute atomic E-state index is 0.146. The van der Waals surface area contributed by atoms with E-state index in [1.807, 2.05) is 35.2 Å². The summed E-state index contributed by atoms with van der Waals surface area (Å²) in [5.74, 6) is 1.17. The number of ether oxygens (including phenoxy) is 1. The molecule has 0 unspecified atom stereocenters. The Morgan fingerprint density at radius 3 is 3.11 bits per heavy atom. The molecule has 2 N–H and O–H groups in total. The van der Waals surface area contributed by atoms with Crippen LogP contribution < -0.4 is 5.32 Å². The van der Waals surface area contributed by atoms with Crippen LogP contribution in [0.2, 0.25) is 0 Å². The summed E-state index contributed by atoms with van der Waals surface area (Å²) in [6.07, 6.45) is 3.14. The minimum Gasteiger partial charge on any atom is -0.384 e. The smallest absolute Gasteiger partial charge is 0.224 e. The molecule has 0 aromatic carbocycles. The molecule has 0 spiro atoms. The van der Waals surface area contributed by atoms with Gasteiger partial charge in [-0.15, -0.1) is 0 Å². The number of nitrogens with one attached hydrogen (secondary N) is 2. The Morgan fingerprint density at radius 1 is 1.36 bits per heavy atom. The van der Waals surface area contributed by atoms with Gasteiger partial charge in [0.2, 0.25) is 5.91 Å². The van der Waals surface area contributed by atoms with Crippen LogP contribution in [0.5, 0.6) is 0 Å². The van der Waals surface area contributed by atoms with Crippen LogP contribution in [-0.2, 0) is 16.1 Å². The number of hydrogen-bond donors (Lipinski definition) is 2. The van der Waals surface area contributed by atoms with Crippen molar-refractivity contribution in [2.75, 3.05) is 32.1 Å². The summed E-state index contributed by atoms with van der Waals surface area (Å²) >= 11 is 0. The molecule has 0 radical (unpaired) electrons. The zero-order valence-electron chi connectivity index (χ0n) is 15.9. The van der Waals surface area contributed by atoms with Crippen molar-refractivity contribution in [3.8, 4) is 0 Å². The van der Waals surface area contributed by atoms with E-state index in [-0.39, 0.29) is 11.8 Å². The van der Waals surface area contributed by atoms with E-state index >= 15 is 0 Å². The van der Waals surface area contributed by atoms with Gasteiger partial charge in [-0.3, -0.25) is 14.9 Å². The molecule has 1 amide bonds. The Bertz CT molecular complexity index is 942. The van der Waals surface area contributed by atoms with E-state index in [2.05, 4.69) is 20.5 Å². The van der Waals surface area contributed by atoms with E-state index < -0.39 is 0 Å². The molecule has 1 atom stereocenters. The molecule has 0 saturated carbocycles. The van der Waals surface area contributed by atoms with Gasteiger partial charge in [0, 0.05) is 38.0 Å². The number of rotatable bonds is 7. The maximum atomic E-state index is 12.2. The van der Waals surface area contributed by atoms with Crippen LogP contribution >= 0.6 is 0 Å². The average Bonchev–Trinajstić information content (AvgIpc) is 3.38. The number of carbonyl (C=O) groups is 1. The van der Waals surface area contributed by atoms with E-state index in [0.717, 1.165) is 41.2 Å². The Balaban J connectivity index is 1.42. The second-order valence-electron chi connectivity index (χ2n) is 6.95. The Labute approximate surface area is 163 Å². The first-order valence-electron chi connectivity index (χ1n) is 9.50. The largest absolute Gasteiger partial charge is 0.384 e. The summed E-state index contributed by atoms with van der Waals surface area (Å²) in [7, 11) is 1.61. The molecule has 1 saturated heterocycles. The summed E-state index contributed by atoms with van der Waals surface area (Å²) in [6.45, 7) is 2.54. The normalized spacial score (nSPS) is 16.6. The number of carbonyl (C=O) groups excluding carboxylic acids is 1. The molecule has 1 aliphatic heterocycles. The van der Waals surface area contributed by atoms with Gasteiger partial charge in [-0.1, -0.05) is 6.07 Å². The van der Waals surface area contributed by atoms with Crippen LogP contribution in [0.3, 0.4) is 0 Å². The number of aromatic amines is 1. The van der Waals surface area contributed by atoms with Crippen LogP contribution in [0.4, 0.5) is 5.82 Å². The van der Waals surface area contributed by atoms with Gasteiger partial charge in [-0.2, -0.15) is 5.10 Å². The number of likely N-dealkylation sites (tertiary alicyclic amines) is 1. The Kier molecular flexibility index (Phi) is 5.48. The van der Waals surface area contributed by atoms with Gasteiger partial charge in [-0.25, -0.2) is 4.98 Å². The lowest BCUT2D eigenvalue weighted by Crippen LogP contribution is -2.29. The van der Waals surface area contributed by atoms with Crippen molar-refractivity contribution in [1.82, 2.24) is 25.1 Å². The molecule has 4 heterocycles. The van der Waals surface area contributed by atoms with Crippen molar-refractivity contribution < 1.29 is 9.53 Å². The molecule has 8 nitrogen and oxygen atoms in total. The van der Waals surface area contributed by atoms with Crippen molar-refractivity contribution in [3.63, 3.8) is 0 Å². The van der Waals surface area contributed by atoms with E-state index in [9.17, 15) is 4.79 Å². The number of hydrogen-bond acceptors (Lipinski definition) is 6. The third-order valence-corrected chi connectivity index (χ3v) is 5.09. The monoisotopic (exact) mass is 380 g/mol. The lowest BCUT2D eigenvalue weighted by Gasteiger charge is -2.16. The maximum absolute atomic E-state index is 12.2. The van der Waals surface area contributed by atoms with Crippen LogP contribution in [0.1, 0.15) is 30.1 Å². The summed E-state index contributed by atoms with van der Waals surface area (Å²) in [5, 5.41) is 11.6. The second kappa shape index (κ2) is 8.35. The van der Waals surface area contributed by atoms with Crippen LogP contribution in [0.25, 0.3) is 11.0 Å². The zero-order chi connectivity index (χ0) is 19.3. The average molecular weight is 380 g/mol. The molecule has 0 bridgehead atoms. The summed E-state index contributed by atoms with van der Waals surface area (Å²) in [5.41, 5.74) is 2.70. The van der Waals surface area contributed by atoms with Gasteiger partial charge in [-0.05, 0) is 30.7 Å². The summed E-state index contributed by atoms with van der Waals surface area (Å²) in [6, 6.07) is 9.91. The number of methoxy groups -OCH3 is 1. The maximum Gasteiger partial charge on any atom is 0.224 e. The highest BCUT2D eigenvalue weighted by molar-refractivity contribution is 5.87. The predicted molar refractivity (Wildman–Crippen MR) is 106 cm³/mol. The van der Waals surface area contributed by atoms with Crippen molar-refractivity contribution in [2.45, 2.75) is 25.3 Å². The zero-order valence-corrected chi connectivity index (χ0v) is 15.9. The molecule has 28 heavy (non-hydrogen) atoms. The van der Waals surface area contributed by atoms with Crippen LogP contribution in [-0.4, -0.2) is 57.8 Å². The highest BCUT2D eigenvalue weighted by atomic mass is 16.5. The molecule has 0 aliphatic carbocycles. The van der Waals surface area contributed by atoms with Gasteiger partial charge in [0.15, 0.2) is 11.5 Å². The third-order valence-electron chi connectivity index (χ3n) is 5.09. The third kappa shape index (κ3) is 3.96. The van der Waals surface area contributed by atoms with Crippen LogP contribution in [0, 0.1) is 0 Å². The van der Waals surface area contributed by atoms with E-state index in [1.54, 1.807) is 13.3 Å². The molecule has 3 aromatic rings. The van der Waals surface area contributed by atoms with Crippen molar-refractivity contribution in [3.05, 3.63) is 47.9 Å². The predicted octanol–water partition coefficient (Wildman–Crippen LogP) is 2.32. The molecule has 1 fully saturated rings.